The quantitative estimate of drug-likeness (QED) is 0.309. The summed E-state index contributed by atoms with van der Waals surface area (Å²) in [5.41, 5.74) is 0. The van der Waals surface area contributed by atoms with Crippen molar-refractivity contribution in [2.45, 2.75) is 0 Å². The molecule has 0 aliphatic carbocycles. The van der Waals surface area contributed by atoms with Crippen molar-refractivity contribution in [1.82, 2.24) is 0 Å². The Kier molecular flexibility index (Phi) is 18.0. The van der Waals surface area contributed by atoms with Crippen molar-refractivity contribution in [3.63, 3.8) is 0 Å². The predicted octanol–water partition coefficient (Wildman–Crippen LogP) is -8.95. The molecule has 0 radical (unpaired) electrons. The number of carboxylic acid groups (broad SMARTS) is 2. The topological polar surface area (TPSA) is 80.3 Å². The van der Waals surface area contributed by atoms with E-state index in [1.807, 2.05) is 0 Å². The Morgan fingerprint density at radius 1 is 1.00 bits per heavy atom. The predicted molar refractivity (Wildman–Crippen MR) is 19.2 cm³/mol. The van der Waals surface area contributed by atoms with Gasteiger partial charge in [-0.15, -0.1) is 0 Å². The first kappa shape index (κ1) is 17.4. The van der Waals surface area contributed by atoms with Gasteiger partial charge in [-0.05, 0) is 12.2 Å². The second-order valence-electron chi connectivity index (χ2n) is 0.971. The van der Waals surface area contributed by atoms with Crippen molar-refractivity contribution in [3.05, 3.63) is 12.2 Å². The Balaban J connectivity index is -0.000000245. The van der Waals surface area contributed by atoms with Crippen LogP contribution in [0.5, 0.6) is 0 Å². The fourth-order valence-corrected chi connectivity index (χ4v) is 0.136. The first-order chi connectivity index (χ1) is 3.63. The summed E-state index contributed by atoms with van der Waals surface area (Å²) in [4.78, 5) is 18.8. The van der Waals surface area contributed by atoms with E-state index in [9.17, 15) is 19.8 Å². The van der Waals surface area contributed by atoms with Gasteiger partial charge >= 0.3 is 80.9 Å². The van der Waals surface area contributed by atoms with Gasteiger partial charge in [0.05, 0.1) is 11.9 Å². The Bertz CT molecular complexity index is 128. The molecule has 0 amide bonds. The van der Waals surface area contributed by atoms with Crippen molar-refractivity contribution in [2.75, 3.05) is 0 Å². The van der Waals surface area contributed by atoms with Crippen molar-refractivity contribution >= 4 is 11.9 Å². The van der Waals surface area contributed by atoms with Crippen LogP contribution in [0.25, 0.3) is 0 Å². The van der Waals surface area contributed by atoms with E-state index in [1.165, 1.54) is 0 Å². The summed E-state index contributed by atoms with van der Waals surface area (Å²) in [6, 6.07) is 0. The van der Waals surface area contributed by atoms with Crippen LogP contribution in [0.1, 0.15) is 0 Å². The van der Waals surface area contributed by atoms with E-state index in [0.29, 0.717) is 12.2 Å². The molecule has 0 aliphatic heterocycles. The molecule has 0 aromatic rings. The first-order valence-electron chi connectivity index (χ1n) is 1.73. The fraction of sp³-hybridized carbons (Fsp3) is 0. The summed E-state index contributed by atoms with van der Waals surface area (Å²) in [6.45, 7) is 0. The molecule has 0 rings (SSSR count). The summed E-state index contributed by atoms with van der Waals surface area (Å²) >= 11 is 0. The molecule has 0 saturated heterocycles. The number of rotatable bonds is 2. The zero-order valence-electron chi connectivity index (χ0n) is 5.79. The molecule has 4 nitrogen and oxygen atoms in total. The van der Waals surface area contributed by atoms with Gasteiger partial charge in [0.1, 0.15) is 0 Å². The van der Waals surface area contributed by atoms with Crippen molar-refractivity contribution in [1.29, 1.82) is 0 Å². The first-order valence-corrected chi connectivity index (χ1v) is 1.73. The monoisotopic (exact) mass is 176 g/mol. The van der Waals surface area contributed by atoms with Gasteiger partial charge in [0.25, 0.3) is 0 Å². The molecular formula is C4H2KNaO4. The second kappa shape index (κ2) is 10.3. The van der Waals surface area contributed by atoms with Gasteiger partial charge < -0.3 is 19.8 Å². The van der Waals surface area contributed by atoms with Crippen molar-refractivity contribution < 1.29 is 101 Å². The minimum atomic E-state index is -1.55. The van der Waals surface area contributed by atoms with Crippen LogP contribution in [-0.2, 0) is 9.59 Å². The van der Waals surface area contributed by atoms with Gasteiger partial charge in [0.15, 0.2) is 0 Å². The number of aliphatic carboxylic acids is 2. The smallest absolute Gasteiger partial charge is 0.545 e. The molecular weight excluding hydrogens is 174 g/mol. The Morgan fingerprint density at radius 2 is 1.20 bits per heavy atom. The largest absolute Gasteiger partial charge is 1.00 e. The molecule has 10 heavy (non-hydrogen) atoms. The van der Waals surface area contributed by atoms with E-state index >= 15 is 0 Å². The molecule has 0 aliphatic rings. The third kappa shape index (κ3) is 16.2. The molecule has 0 spiro atoms. The molecule has 0 aromatic heterocycles. The minimum absolute atomic E-state index is 0. The average molecular weight is 176 g/mol. The zero-order chi connectivity index (χ0) is 6.57. The van der Waals surface area contributed by atoms with Crippen molar-refractivity contribution in [3.8, 4) is 0 Å². The zero-order valence-corrected chi connectivity index (χ0v) is 10.9. The summed E-state index contributed by atoms with van der Waals surface area (Å²) < 4.78 is 0. The van der Waals surface area contributed by atoms with Gasteiger partial charge in [-0.3, -0.25) is 0 Å². The third-order valence-corrected chi connectivity index (χ3v) is 0.355. The average Bonchev–Trinajstić information content (AvgIpc) is 1.61. The van der Waals surface area contributed by atoms with Crippen LogP contribution in [0.2, 0.25) is 0 Å². The molecule has 44 valence electrons. The summed E-state index contributed by atoms with van der Waals surface area (Å²) in [7, 11) is 0. The molecule has 0 saturated carbocycles. The molecule has 0 bridgehead atoms. The molecule has 0 atom stereocenters. The van der Waals surface area contributed by atoms with E-state index in [1.54, 1.807) is 0 Å². The normalized spacial score (nSPS) is 7.60. The van der Waals surface area contributed by atoms with E-state index in [0.717, 1.165) is 0 Å². The van der Waals surface area contributed by atoms with Crippen LogP contribution in [0.4, 0.5) is 0 Å². The Labute approximate surface area is 122 Å². The molecule has 0 N–H and O–H groups in total. The van der Waals surface area contributed by atoms with E-state index < -0.39 is 11.9 Å². The standard InChI is InChI=1S/C4H4O4.K.Na/c5-3(6)1-2-4(7)8;;/h1-2H,(H,5,6)(H,7,8);;/q;2*+1/p-2/b2-1-;;. The molecule has 0 aromatic carbocycles. The number of hydrogen-bond acceptors (Lipinski definition) is 4. The molecule has 0 heterocycles. The maximum atomic E-state index is 9.41. The van der Waals surface area contributed by atoms with E-state index in [2.05, 4.69) is 0 Å². The van der Waals surface area contributed by atoms with E-state index in [-0.39, 0.29) is 80.9 Å². The minimum Gasteiger partial charge on any atom is -0.545 e. The molecule has 6 heteroatoms. The van der Waals surface area contributed by atoms with Crippen LogP contribution in [-0.4, -0.2) is 11.9 Å². The van der Waals surface area contributed by atoms with Crippen LogP contribution in [0, 0.1) is 0 Å². The second-order valence-corrected chi connectivity index (χ2v) is 0.971. The summed E-state index contributed by atoms with van der Waals surface area (Å²) in [5.74, 6) is -3.09. The Hall–Kier alpha value is 1.32. The van der Waals surface area contributed by atoms with Crippen LogP contribution in [0.15, 0.2) is 12.2 Å². The van der Waals surface area contributed by atoms with Gasteiger partial charge in [-0.1, -0.05) is 0 Å². The maximum absolute atomic E-state index is 9.41. The van der Waals surface area contributed by atoms with Crippen LogP contribution >= 0.6 is 0 Å². The van der Waals surface area contributed by atoms with E-state index in [4.69, 9.17) is 0 Å². The summed E-state index contributed by atoms with van der Waals surface area (Å²) in [5, 5.41) is 18.8. The van der Waals surface area contributed by atoms with Crippen molar-refractivity contribution in [2.24, 2.45) is 0 Å². The Morgan fingerprint density at radius 3 is 1.30 bits per heavy atom. The number of hydrogen-bond donors (Lipinski definition) is 0. The number of carboxylic acids is 2. The maximum Gasteiger partial charge on any atom is 1.00 e. The van der Waals surface area contributed by atoms with Gasteiger partial charge in [-0.2, -0.15) is 0 Å². The SMILES string of the molecule is O=C([O-])/C=C\C(=O)[O-].[K+].[Na+]. The van der Waals surface area contributed by atoms with Crippen LogP contribution < -0.4 is 91.2 Å². The summed E-state index contributed by atoms with van der Waals surface area (Å²) in [6.07, 6.45) is 0.769. The van der Waals surface area contributed by atoms with Crippen LogP contribution in [0.3, 0.4) is 0 Å². The molecule has 0 fully saturated rings. The third-order valence-electron chi connectivity index (χ3n) is 0.355. The molecule has 0 unspecified atom stereocenters. The van der Waals surface area contributed by atoms with Gasteiger partial charge in [-0.25, -0.2) is 0 Å². The number of carbonyl (C=O) groups excluding carboxylic acids is 2. The van der Waals surface area contributed by atoms with Gasteiger partial charge in [0, 0.05) is 0 Å². The fourth-order valence-electron chi connectivity index (χ4n) is 0.136. The number of carbonyl (C=O) groups is 2. The van der Waals surface area contributed by atoms with Gasteiger partial charge in [0.2, 0.25) is 0 Å².